The van der Waals surface area contributed by atoms with Crippen molar-refractivity contribution < 1.29 is 9.90 Å². The number of rotatable bonds is 7. The number of anilines is 2. The van der Waals surface area contributed by atoms with Gasteiger partial charge in [-0.25, -0.2) is 0 Å². The SMILES string of the molecule is CCN(C)C(=O)c1ccc(C#CC(O)c2cc(N(C)Cc3ccc(N(C)C)cc3)c3c(c2)C(C)(C)CCC3(C)C)cc1. The van der Waals surface area contributed by atoms with Gasteiger partial charge >= 0.3 is 0 Å². The van der Waals surface area contributed by atoms with Crippen molar-refractivity contribution in [3.8, 4) is 11.8 Å². The minimum atomic E-state index is -0.935. The summed E-state index contributed by atoms with van der Waals surface area (Å²) in [5, 5.41) is 11.4. The highest BCUT2D eigenvalue weighted by Gasteiger charge is 2.40. The molecule has 5 nitrogen and oxygen atoms in total. The van der Waals surface area contributed by atoms with Crippen molar-refractivity contribution in [1.29, 1.82) is 0 Å². The van der Waals surface area contributed by atoms with Crippen LogP contribution < -0.4 is 9.80 Å². The Labute approximate surface area is 253 Å². The average molecular weight is 566 g/mol. The third kappa shape index (κ3) is 6.66. The van der Waals surface area contributed by atoms with E-state index in [1.54, 1.807) is 24.1 Å². The van der Waals surface area contributed by atoms with E-state index in [9.17, 15) is 9.90 Å². The van der Waals surface area contributed by atoms with Crippen molar-refractivity contribution >= 4 is 17.3 Å². The minimum absolute atomic E-state index is 0.00895. The number of amides is 1. The fraction of sp³-hybridized carbons (Fsp3) is 0.432. The van der Waals surface area contributed by atoms with E-state index in [4.69, 9.17) is 0 Å². The van der Waals surface area contributed by atoms with Crippen LogP contribution in [0.5, 0.6) is 0 Å². The number of nitrogens with zero attached hydrogens (tertiary/aromatic N) is 3. The van der Waals surface area contributed by atoms with Gasteiger partial charge in [-0.3, -0.25) is 4.79 Å². The minimum Gasteiger partial charge on any atom is -0.378 e. The predicted molar refractivity (Wildman–Crippen MR) is 176 cm³/mol. The Bertz CT molecular complexity index is 1470. The molecule has 0 aliphatic heterocycles. The molecule has 3 aromatic rings. The molecule has 1 aliphatic carbocycles. The zero-order valence-electron chi connectivity index (χ0n) is 26.9. The summed E-state index contributed by atoms with van der Waals surface area (Å²) >= 11 is 0. The molecular weight excluding hydrogens is 518 g/mol. The quantitative estimate of drug-likeness (QED) is 0.316. The van der Waals surface area contributed by atoms with E-state index in [1.165, 1.54) is 22.4 Å². The summed E-state index contributed by atoms with van der Waals surface area (Å²) in [6, 6.07) is 20.3. The Morgan fingerprint density at radius 3 is 2.12 bits per heavy atom. The molecule has 0 aromatic heterocycles. The molecule has 0 radical (unpaired) electrons. The molecule has 0 saturated heterocycles. The van der Waals surface area contributed by atoms with Crippen LogP contribution in [-0.2, 0) is 17.4 Å². The van der Waals surface area contributed by atoms with E-state index < -0.39 is 6.10 Å². The van der Waals surface area contributed by atoms with Crippen LogP contribution >= 0.6 is 0 Å². The number of hydrogen-bond acceptors (Lipinski definition) is 4. The van der Waals surface area contributed by atoms with E-state index in [0.717, 1.165) is 36.2 Å². The number of fused-ring (bicyclic) bond motifs is 1. The first-order chi connectivity index (χ1) is 19.7. The maximum absolute atomic E-state index is 12.4. The Balaban J connectivity index is 1.69. The molecule has 0 spiro atoms. The van der Waals surface area contributed by atoms with Gasteiger partial charge in [0.05, 0.1) is 0 Å². The normalized spacial score (nSPS) is 15.6. The molecule has 42 heavy (non-hydrogen) atoms. The maximum Gasteiger partial charge on any atom is 0.253 e. The van der Waals surface area contributed by atoms with E-state index in [1.807, 2.05) is 19.1 Å². The molecule has 0 heterocycles. The number of hydrogen-bond donors (Lipinski definition) is 1. The molecule has 4 rings (SSSR count). The first-order valence-electron chi connectivity index (χ1n) is 14.9. The summed E-state index contributed by atoms with van der Waals surface area (Å²) in [6.45, 7) is 12.7. The Kier molecular flexibility index (Phi) is 9.09. The number of aliphatic hydroxyl groups is 1. The largest absolute Gasteiger partial charge is 0.378 e. The van der Waals surface area contributed by atoms with Gasteiger partial charge in [-0.2, -0.15) is 0 Å². The van der Waals surface area contributed by atoms with Crippen LogP contribution in [0.25, 0.3) is 0 Å². The topological polar surface area (TPSA) is 47.0 Å². The molecule has 1 amide bonds. The maximum atomic E-state index is 12.4. The first-order valence-corrected chi connectivity index (χ1v) is 14.9. The lowest BCUT2D eigenvalue weighted by atomic mass is 9.62. The summed E-state index contributed by atoms with van der Waals surface area (Å²) in [7, 11) is 8.05. The van der Waals surface area contributed by atoms with Crippen LogP contribution in [0.4, 0.5) is 11.4 Å². The van der Waals surface area contributed by atoms with Crippen LogP contribution in [0.3, 0.4) is 0 Å². The van der Waals surface area contributed by atoms with Gasteiger partial charge in [0.2, 0.25) is 0 Å². The second-order valence-corrected chi connectivity index (χ2v) is 13.2. The average Bonchev–Trinajstić information content (AvgIpc) is 2.97. The summed E-state index contributed by atoms with van der Waals surface area (Å²) < 4.78 is 0. The summed E-state index contributed by atoms with van der Waals surface area (Å²) in [4.78, 5) is 18.5. The molecular formula is C37H47N3O2. The molecule has 1 aliphatic rings. The second-order valence-electron chi connectivity index (χ2n) is 13.2. The third-order valence-corrected chi connectivity index (χ3v) is 8.83. The van der Waals surface area contributed by atoms with Gasteiger partial charge in [-0.05, 0) is 95.3 Å². The highest BCUT2D eigenvalue weighted by molar-refractivity contribution is 5.94. The van der Waals surface area contributed by atoms with E-state index in [-0.39, 0.29) is 16.7 Å². The Hall–Kier alpha value is -3.75. The van der Waals surface area contributed by atoms with Crippen LogP contribution in [0, 0.1) is 11.8 Å². The van der Waals surface area contributed by atoms with Gasteiger partial charge in [-0.1, -0.05) is 57.7 Å². The van der Waals surface area contributed by atoms with Crippen molar-refractivity contribution in [2.45, 2.75) is 70.9 Å². The van der Waals surface area contributed by atoms with Gasteiger partial charge in [0, 0.05) is 63.8 Å². The van der Waals surface area contributed by atoms with Gasteiger partial charge in [0.15, 0.2) is 0 Å². The standard InChI is InChI=1S/C37H47N3O2/c1-10-39(8)35(42)28-16-11-26(12-17-28)15-20-33(41)29-23-31-34(37(4,5)22-21-36(31,2)3)32(24-29)40(9)25-27-13-18-30(19-14-27)38(6)7/h11-14,16-19,23-24,33,41H,10,21-22,25H2,1-9H3. The molecule has 1 N–H and O–H groups in total. The van der Waals surface area contributed by atoms with Crippen molar-refractivity contribution in [3.63, 3.8) is 0 Å². The van der Waals surface area contributed by atoms with Crippen molar-refractivity contribution in [1.82, 2.24) is 4.90 Å². The summed E-state index contributed by atoms with van der Waals surface area (Å²) in [6.07, 6.45) is 1.26. The zero-order chi connectivity index (χ0) is 30.8. The lowest BCUT2D eigenvalue weighted by molar-refractivity contribution is 0.0802. The van der Waals surface area contributed by atoms with Gasteiger partial charge in [0.25, 0.3) is 5.91 Å². The summed E-state index contributed by atoms with van der Waals surface area (Å²) in [5.74, 6) is 6.19. The van der Waals surface area contributed by atoms with Crippen molar-refractivity contribution in [3.05, 3.63) is 94.0 Å². The highest BCUT2D eigenvalue weighted by Crippen LogP contribution is 2.50. The number of aliphatic hydroxyl groups excluding tert-OH is 1. The van der Waals surface area contributed by atoms with Gasteiger partial charge in [-0.15, -0.1) is 0 Å². The molecule has 3 aromatic carbocycles. The van der Waals surface area contributed by atoms with E-state index >= 15 is 0 Å². The monoisotopic (exact) mass is 565 g/mol. The number of carbonyl (C=O) groups is 1. The summed E-state index contributed by atoms with van der Waals surface area (Å²) in [5.41, 5.74) is 8.46. The number of benzene rings is 3. The molecule has 222 valence electrons. The lowest BCUT2D eigenvalue weighted by Gasteiger charge is -2.44. The van der Waals surface area contributed by atoms with Crippen LogP contribution in [0.15, 0.2) is 60.7 Å². The molecule has 0 saturated carbocycles. The third-order valence-electron chi connectivity index (χ3n) is 8.83. The second kappa shape index (κ2) is 12.2. The molecule has 1 unspecified atom stereocenters. The molecule has 0 bridgehead atoms. The van der Waals surface area contributed by atoms with Crippen LogP contribution in [0.2, 0.25) is 0 Å². The first kappa shape index (κ1) is 31.2. The van der Waals surface area contributed by atoms with Crippen LogP contribution in [0.1, 0.15) is 91.7 Å². The molecule has 1 atom stereocenters. The van der Waals surface area contributed by atoms with E-state index in [0.29, 0.717) is 12.1 Å². The Morgan fingerprint density at radius 1 is 0.905 bits per heavy atom. The molecule has 0 fully saturated rings. The fourth-order valence-electron chi connectivity index (χ4n) is 5.79. The Morgan fingerprint density at radius 2 is 1.52 bits per heavy atom. The number of carbonyl (C=O) groups excluding carboxylic acids is 1. The van der Waals surface area contributed by atoms with Gasteiger partial charge < -0.3 is 19.8 Å². The van der Waals surface area contributed by atoms with Crippen molar-refractivity contribution in [2.24, 2.45) is 0 Å². The van der Waals surface area contributed by atoms with Gasteiger partial charge in [0.1, 0.15) is 6.10 Å². The highest BCUT2D eigenvalue weighted by atomic mass is 16.3. The lowest BCUT2D eigenvalue weighted by Crippen LogP contribution is -2.36. The zero-order valence-corrected chi connectivity index (χ0v) is 26.9. The van der Waals surface area contributed by atoms with E-state index in [2.05, 4.69) is 107 Å². The smallest absolute Gasteiger partial charge is 0.253 e. The fourth-order valence-corrected chi connectivity index (χ4v) is 5.79. The molecule has 5 heteroatoms. The van der Waals surface area contributed by atoms with Crippen LogP contribution in [-0.4, -0.2) is 50.6 Å². The van der Waals surface area contributed by atoms with Crippen molar-refractivity contribution in [2.75, 3.05) is 44.5 Å². The predicted octanol–water partition coefficient (Wildman–Crippen LogP) is 6.92.